The first-order valence-corrected chi connectivity index (χ1v) is 6.83. The molecule has 0 aliphatic carbocycles. The summed E-state index contributed by atoms with van der Waals surface area (Å²) in [5.41, 5.74) is 1.39. The Morgan fingerprint density at radius 3 is 3.06 bits per heavy atom. The first-order chi connectivity index (χ1) is 8.38. The summed E-state index contributed by atoms with van der Waals surface area (Å²) in [7, 11) is 0. The van der Waals surface area contributed by atoms with Crippen LogP contribution in [0.5, 0.6) is 5.75 Å². The zero-order chi connectivity index (χ0) is 11.9. The lowest BCUT2D eigenvalue weighted by molar-refractivity contribution is 0.339. The lowest BCUT2D eigenvalue weighted by atomic mass is 9.98. The molecule has 1 aliphatic rings. The van der Waals surface area contributed by atoms with Crippen molar-refractivity contribution >= 4 is 0 Å². The van der Waals surface area contributed by atoms with Gasteiger partial charge in [0.05, 0.1) is 6.61 Å². The van der Waals surface area contributed by atoms with E-state index < -0.39 is 0 Å². The predicted molar refractivity (Wildman–Crippen MR) is 71.6 cm³/mol. The van der Waals surface area contributed by atoms with Crippen LogP contribution in [0.4, 0.5) is 0 Å². The van der Waals surface area contributed by atoms with Gasteiger partial charge in [0.2, 0.25) is 0 Å². The topological polar surface area (TPSA) is 21.3 Å². The highest BCUT2D eigenvalue weighted by atomic mass is 16.5. The van der Waals surface area contributed by atoms with E-state index in [1.54, 1.807) is 0 Å². The molecule has 2 heteroatoms. The number of hydrogen-bond donors (Lipinski definition) is 1. The zero-order valence-corrected chi connectivity index (χ0v) is 10.7. The summed E-state index contributed by atoms with van der Waals surface area (Å²) in [6.45, 7) is 3.97. The molecule has 0 aromatic heterocycles. The van der Waals surface area contributed by atoms with Crippen molar-refractivity contribution in [1.82, 2.24) is 5.32 Å². The highest BCUT2D eigenvalue weighted by molar-refractivity contribution is 5.28. The van der Waals surface area contributed by atoms with Crippen LogP contribution in [0.15, 0.2) is 24.3 Å². The normalized spacial score (nSPS) is 20.2. The Bertz CT molecular complexity index is 331. The lowest BCUT2D eigenvalue weighted by Gasteiger charge is -2.23. The fourth-order valence-electron chi connectivity index (χ4n) is 2.47. The van der Waals surface area contributed by atoms with E-state index in [4.69, 9.17) is 4.74 Å². The molecule has 17 heavy (non-hydrogen) atoms. The first kappa shape index (κ1) is 12.4. The van der Waals surface area contributed by atoms with Gasteiger partial charge in [-0.25, -0.2) is 0 Å². The van der Waals surface area contributed by atoms with Crippen molar-refractivity contribution < 1.29 is 4.74 Å². The molecule has 0 spiro atoms. The van der Waals surface area contributed by atoms with E-state index in [1.165, 1.54) is 37.8 Å². The summed E-state index contributed by atoms with van der Waals surface area (Å²) in [5, 5.41) is 3.60. The smallest absolute Gasteiger partial charge is 0.119 e. The van der Waals surface area contributed by atoms with E-state index in [1.807, 2.05) is 13.0 Å². The molecule has 0 amide bonds. The summed E-state index contributed by atoms with van der Waals surface area (Å²) in [6.07, 6.45) is 6.46. The largest absolute Gasteiger partial charge is 0.494 e. The Kier molecular flexibility index (Phi) is 4.87. The fraction of sp³-hybridized carbons (Fsp3) is 0.600. The van der Waals surface area contributed by atoms with Crippen LogP contribution in [0.1, 0.15) is 38.2 Å². The van der Waals surface area contributed by atoms with Crippen molar-refractivity contribution in [1.29, 1.82) is 0 Å². The lowest BCUT2D eigenvalue weighted by Crippen LogP contribution is -2.34. The van der Waals surface area contributed by atoms with E-state index in [-0.39, 0.29) is 0 Å². The first-order valence-electron chi connectivity index (χ1n) is 6.83. The monoisotopic (exact) mass is 233 g/mol. The molecular weight excluding hydrogens is 210 g/mol. The standard InChI is InChI=1S/C15H23NO/c1-2-17-15-8-5-6-13(12-15)9-10-14-7-3-4-11-16-14/h5-6,8,12,14,16H,2-4,7,9-11H2,1H3. The fourth-order valence-corrected chi connectivity index (χ4v) is 2.47. The molecule has 0 bridgehead atoms. The molecule has 0 radical (unpaired) electrons. The van der Waals surface area contributed by atoms with E-state index in [9.17, 15) is 0 Å². The molecule has 1 unspecified atom stereocenters. The molecule has 1 N–H and O–H groups in total. The van der Waals surface area contributed by atoms with Crippen LogP contribution in [-0.2, 0) is 6.42 Å². The molecule has 1 aromatic rings. The maximum Gasteiger partial charge on any atom is 0.119 e. The minimum atomic E-state index is 0.722. The van der Waals surface area contributed by atoms with E-state index in [0.717, 1.165) is 24.8 Å². The average Bonchev–Trinajstić information content (AvgIpc) is 2.39. The van der Waals surface area contributed by atoms with Gasteiger partial charge >= 0.3 is 0 Å². The third-order valence-electron chi connectivity index (χ3n) is 3.40. The van der Waals surface area contributed by atoms with Crippen molar-refractivity contribution in [2.45, 2.75) is 45.1 Å². The maximum absolute atomic E-state index is 5.52. The second-order valence-corrected chi connectivity index (χ2v) is 4.77. The summed E-state index contributed by atoms with van der Waals surface area (Å²) in [4.78, 5) is 0. The van der Waals surface area contributed by atoms with Gasteiger partial charge in [-0.15, -0.1) is 0 Å². The van der Waals surface area contributed by atoms with E-state index in [2.05, 4.69) is 23.5 Å². The van der Waals surface area contributed by atoms with Crippen molar-refractivity contribution in [2.24, 2.45) is 0 Å². The van der Waals surface area contributed by atoms with Gasteiger partial charge < -0.3 is 10.1 Å². The van der Waals surface area contributed by atoms with Crippen LogP contribution < -0.4 is 10.1 Å². The van der Waals surface area contributed by atoms with Crippen LogP contribution >= 0.6 is 0 Å². The number of hydrogen-bond acceptors (Lipinski definition) is 2. The molecule has 94 valence electrons. The average molecular weight is 233 g/mol. The number of rotatable bonds is 5. The van der Waals surface area contributed by atoms with Crippen molar-refractivity contribution in [3.8, 4) is 5.75 Å². The molecule has 1 heterocycles. The number of ether oxygens (including phenoxy) is 1. The summed E-state index contributed by atoms with van der Waals surface area (Å²) < 4.78 is 5.52. The van der Waals surface area contributed by atoms with Crippen LogP contribution in [0.2, 0.25) is 0 Å². The number of nitrogens with one attached hydrogen (secondary N) is 1. The highest BCUT2D eigenvalue weighted by Gasteiger charge is 2.12. The third-order valence-corrected chi connectivity index (χ3v) is 3.40. The molecule has 1 fully saturated rings. The van der Waals surface area contributed by atoms with Crippen LogP contribution in [0.25, 0.3) is 0 Å². The van der Waals surface area contributed by atoms with Gasteiger partial charge in [-0.3, -0.25) is 0 Å². The minimum Gasteiger partial charge on any atom is -0.494 e. The number of piperidine rings is 1. The van der Waals surface area contributed by atoms with Crippen LogP contribution in [0, 0.1) is 0 Å². The zero-order valence-electron chi connectivity index (χ0n) is 10.7. The quantitative estimate of drug-likeness (QED) is 0.843. The Morgan fingerprint density at radius 2 is 2.29 bits per heavy atom. The van der Waals surface area contributed by atoms with Crippen LogP contribution in [-0.4, -0.2) is 19.2 Å². The van der Waals surface area contributed by atoms with Crippen molar-refractivity contribution in [2.75, 3.05) is 13.2 Å². The number of benzene rings is 1. The molecule has 0 saturated carbocycles. The van der Waals surface area contributed by atoms with Gasteiger partial charge in [-0.05, 0) is 56.8 Å². The molecule has 2 rings (SSSR count). The predicted octanol–water partition coefficient (Wildman–Crippen LogP) is 3.16. The van der Waals surface area contributed by atoms with E-state index in [0.29, 0.717) is 0 Å². The van der Waals surface area contributed by atoms with E-state index >= 15 is 0 Å². The summed E-state index contributed by atoms with van der Waals surface area (Å²) >= 11 is 0. The molecule has 1 aliphatic heterocycles. The van der Waals surface area contributed by atoms with Gasteiger partial charge in [0.25, 0.3) is 0 Å². The molecule has 1 saturated heterocycles. The Hall–Kier alpha value is -1.02. The van der Waals surface area contributed by atoms with Gasteiger partial charge in [-0.1, -0.05) is 18.6 Å². The Labute approximate surface area is 104 Å². The highest BCUT2D eigenvalue weighted by Crippen LogP contribution is 2.17. The molecular formula is C15H23NO. The minimum absolute atomic E-state index is 0.722. The molecule has 2 nitrogen and oxygen atoms in total. The Balaban J connectivity index is 1.83. The number of aryl methyl sites for hydroxylation is 1. The van der Waals surface area contributed by atoms with Gasteiger partial charge in [0.1, 0.15) is 5.75 Å². The Morgan fingerprint density at radius 1 is 1.35 bits per heavy atom. The second-order valence-electron chi connectivity index (χ2n) is 4.77. The maximum atomic E-state index is 5.52. The van der Waals surface area contributed by atoms with Gasteiger partial charge in [0.15, 0.2) is 0 Å². The molecule has 1 aromatic carbocycles. The molecule has 1 atom stereocenters. The second kappa shape index (κ2) is 6.65. The summed E-state index contributed by atoms with van der Waals surface area (Å²) in [6, 6.07) is 9.22. The third kappa shape index (κ3) is 4.04. The summed E-state index contributed by atoms with van der Waals surface area (Å²) in [5.74, 6) is 1.00. The van der Waals surface area contributed by atoms with Crippen LogP contribution in [0.3, 0.4) is 0 Å². The van der Waals surface area contributed by atoms with Gasteiger partial charge in [0, 0.05) is 6.04 Å². The SMILES string of the molecule is CCOc1cccc(CCC2CCCCN2)c1. The van der Waals surface area contributed by atoms with Crippen molar-refractivity contribution in [3.05, 3.63) is 29.8 Å². The van der Waals surface area contributed by atoms with Gasteiger partial charge in [-0.2, -0.15) is 0 Å². The van der Waals surface area contributed by atoms with Crippen molar-refractivity contribution in [3.63, 3.8) is 0 Å².